The number of fused-ring (bicyclic) bond motifs is 1. The molecule has 4 heteroatoms. The van der Waals surface area contributed by atoms with Gasteiger partial charge in [-0.05, 0) is 67.8 Å². The molecule has 24 heavy (non-hydrogen) atoms. The number of hydrogen-bond acceptors (Lipinski definition) is 0. The third kappa shape index (κ3) is 3.03. The van der Waals surface area contributed by atoms with Crippen LogP contribution in [0.25, 0.3) is 16.9 Å². The Balaban J connectivity index is 1.92. The lowest BCUT2D eigenvalue weighted by Gasteiger charge is -2.06. The molecule has 2 heterocycles. The summed E-state index contributed by atoms with van der Waals surface area (Å²) in [5, 5.41) is 0.773. The zero-order chi connectivity index (χ0) is 16.5. The number of benzene rings is 2. The first kappa shape index (κ1) is 15.9. The molecule has 0 radical (unpaired) electrons. The van der Waals surface area contributed by atoms with Gasteiger partial charge < -0.3 is 0 Å². The molecule has 2 nitrogen and oxygen atoms in total. The van der Waals surface area contributed by atoms with Gasteiger partial charge in [-0.25, -0.2) is 4.57 Å². The number of rotatable bonds is 2. The number of aromatic nitrogens is 2. The molecule has 0 amide bonds. The fraction of sp³-hybridized carbons (Fsp3) is 0.250. The highest BCUT2D eigenvalue weighted by Crippen LogP contribution is 2.28. The van der Waals surface area contributed by atoms with E-state index in [1.807, 2.05) is 12.1 Å². The highest BCUT2D eigenvalue weighted by atomic mass is 79.9. The topological polar surface area (TPSA) is 8.81 Å². The second kappa shape index (κ2) is 6.73. The van der Waals surface area contributed by atoms with E-state index in [1.165, 1.54) is 42.0 Å². The second-order valence-corrected chi connectivity index (χ2v) is 7.61. The fourth-order valence-electron chi connectivity index (χ4n) is 3.44. The van der Waals surface area contributed by atoms with Crippen LogP contribution in [0, 0.1) is 0 Å². The predicted octanol–water partition coefficient (Wildman–Crippen LogP) is 5.57. The van der Waals surface area contributed by atoms with Crippen molar-refractivity contribution in [3.8, 4) is 16.9 Å². The van der Waals surface area contributed by atoms with E-state index >= 15 is 0 Å². The van der Waals surface area contributed by atoms with Crippen LogP contribution >= 0.6 is 27.5 Å². The number of nitrogens with zero attached hydrogens (tertiary/aromatic N) is 2. The predicted molar refractivity (Wildman–Crippen MR) is 102 cm³/mol. The molecule has 122 valence electrons. The van der Waals surface area contributed by atoms with Gasteiger partial charge in [-0.3, -0.25) is 0 Å². The van der Waals surface area contributed by atoms with Crippen LogP contribution in [0.2, 0.25) is 5.02 Å². The molecule has 0 saturated heterocycles. The number of halogens is 2. The summed E-state index contributed by atoms with van der Waals surface area (Å²) in [6, 6.07) is 16.7. The molecule has 0 atom stereocenters. The van der Waals surface area contributed by atoms with E-state index < -0.39 is 0 Å². The van der Waals surface area contributed by atoms with Gasteiger partial charge in [0.2, 0.25) is 0 Å². The average molecular weight is 403 g/mol. The largest absolute Gasteiger partial charge is 0.262 e. The lowest BCUT2D eigenvalue weighted by Crippen LogP contribution is -2.35. The monoisotopic (exact) mass is 401 g/mol. The summed E-state index contributed by atoms with van der Waals surface area (Å²) in [5.41, 5.74) is 3.63. The standard InChI is InChI=1S/C20H19BrClN2/c21-16-7-11-18(12-8-16)24-19(15-5-9-17(22)10-6-15)14-23-13-3-1-2-4-20(23)24/h5-12,14H,1-4,13H2/q+1. The zero-order valence-electron chi connectivity index (χ0n) is 13.4. The lowest BCUT2D eigenvalue weighted by atomic mass is 10.1. The molecule has 0 fully saturated rings. The van der Waals surface area contributed by atoms with Crippen LogP contribution in [0.1, 0.15) is 25.1 Å². The van der Waals surface area contributed by atoms with Gasteiger partial charge in [-0.2, -0.15) is 4.57 Å². The Morgan fingerprint density at radius 2 is 1.67 bits per heavy atom. The van der Waals surface area contributed by atoms with Crippen LogP contribution in [0.15, 0.2) is 59.2 Å². The Bertz CT molecular complexity index is 851. The Kier molecular flexibility index (Phi) is 4.47. The van der Waals surface area contributed by atoms with Crippen LogP contribution in [0.4, 0.5) is 0 Å². The van der Waals surface area contributed by atoms with Gasteiger partial charge >= 0.3 is 0 Å². The van der Waals surface area contributed by atoms with E-state index in [0.717, 1.165) is 22.5 Å². The minimum absolute atomic E-state index is 0.773. The quantitative estimate of drug-likeness (QED) is 0.495. The van der Waals surface area contributed by atoms with E-state index in [4.69, 9.17) is 11.6 Å². The summed E-state index contributed by atoms with van der Waals surface area (Å²) in [6.45, 7) is 1.10. The minimum Gasteiger partial charge on any atom is -0.233 e. The molecule has 2 aromatic carbocycles. The van der Waals surface area contributed by atoms with E-state index in [9.17, 15) is 0 Å². The summed E-state index contributed by atoms with van der Waals surface area (Å²) in [4.78, 5) is 0. The molecule has 0 aliphatic carbocycles. The molecule has 0 bridgehead atoms. The van der Waals surface area contributed by atoms with Crippen LogP contribution in [0.3, 0.4) is 0 Å². The Morgan fingerprint density at radius 3 is 2.42 bits per heavy atom. The minimum atomic E-state index is 0.773. The van der Waals surface area contributed by atoms with Crippen LogP contribution in [0.5, 0.6) is 0 Å². The molecule has 0 spiro atoms. The average Bonchev–Trinajstić information content (AvgIpc) is 2.79. The van der Waals surface area contributed by atoms with Crippen molar-refractivity contribution in [1.82, 2.24) is 4.57 Å². The molecule has 1 aromatic heterocycles. The molecule has 1 aliphatic rings. The van der Waals surface area contributed by atoms with Crippen LogP contribution < -0.4 is 4.57 Å². The molecule has 1 aliphatic heterocycles. The third-order valence-corrected chi connectivity index (χ3v) is 5.41. The summed E-state index contributed by atoms with van der Waals surface area (Å²) < 4.78 is 5.94. The summed E-state index contributed by atoms with van der Waals surface area (Å²) in [6.07, 6.45) is 7.22. The highest BCUT2D eigenvalue weighted by Gasteiger charge is 2.26. The van der Waals surface area contributed by atoms with Crippen LogP contribution in [-0.2, 0) is 13.0 Å². The maximum absolute atomic E-state index is 6.08. The molecular weight excluding hydrogens is 384 g/mol. The first-order valence-electron chi connectivity index (χ1n) is 8.38. The molecule has 0 N–H and O–H groups in total. The lowest BCUT2D eigenvalue weighted by molar-refractivity contribution is -0.702. The second-order valence-electron chi connectivity index (χ2n) is 6.25. The van der Waals surface area contributed by atoms with Crippen molar-refractivity contribution in [2.45, 2.75) is 32.2 Å². The Labute approximate surface area is 155 Å². The maximum Gasteiger partial charge on any atom is 0.262 e. The first-order chi connectivity index (χ1) is 11.7. The van der Waals surface area contributed by atoms with Crippen molar-refractivity contribution < 1.29 is 4.57 Å². The summed E-state index contributed by atoms with van der Waals surface area (Å²) in [5.74, 6) is 1.39. The normalized spacial score (nSPS) is 14.2. The molecular formula is C20H19BrClN2+. The van der Waals surface area contributed by atoms with E-state index in [0.29, 0.717) is 0 Å². The van der Waals surface area contributed by atoms with E-state index in [2.05, 4.69) is 67.7 Å². The van der Waals surface area contributed by atoms with Crippen LogP contribution in [-0.4, -0.2) is 4.57 Å². The van der Waals surface area contributed by atoms with Crippen molar-refractivity contribution in [3.05, 3.63) is 70.0 Å². The maximum atomic E-state index is 6.08. The van der Waals surface area contributed by atoms with Crippen molar-refractivity contribution in [1.29, 1.82) is 0 Å². The number of aryl methyl sites for hydroxylation is 1. The van der Waals surface area contributed by atoms with Gasteiger partial charge in [-0.15, -0.1) is 0 Å². The van der Waals surface area contributed by atoms with Gasteiger partial charge in [0.05, 0.1) is 6.54 Å². The van der Waals surface area contributed by atoms with Gasteiger partial charge in [0.25, 0.3) is 5.82 Å². The SMILES string of the molecule is Clc1ccc(-c2c[n+]3c(n2-c2ccc(Br)cc2)CCCCC3)cc1. The van der Waals surface area contributed by atoms with Crippen molar-refractivity contribution in [2.24, 2.45) is 0 Å². The first-order valence-corrected chi connectivity index (χ1v) is 9.55. The fourth-order valence-corrected chi connectivity index (χ4v) is 3.83. The Morgan fingerprint density at radius 1 is 0.917 bits per heavy atom. The third-order valence-electron chi connectivity index (χ3n) is 4.63. The summed E-state index contributed by atoms with van der Waals surface area (Å²) in [7, 11) is 0. The zero-order valence-corrected chi connectivity index (χ0v) is 15.7. The highest BCUT2D eigenvalue weighted by molar-refractivity contribution is 9.10. The van der Waals surface area contributed by atoms with Gasteiger partial charge in [-0.1, -0.05) is 27.5 Å². The molecule has 0 saturated carbocycles. The van der Waals surface area contributed by atoms with E-state index in [-0.39, 0.29) is 0 Å². The molecule has 4 rings (SSSR count). The smallest absolute Gasteiger partial charge is 0.233 e. The number of hydrogen-bond donors (Lipinski definition) is 0. The molecule has 3 aromatic rings. The van der Waals surface area contributed by atoms with E-state index in [1.54, 1.807) is 0 Å². The van der Waals surface area contributed by atoms with Crippen molar-refractivity contribution >= 4 is 27.5 Å². The van der Waals surface area contributed by atoms with Crippen molar-refractivity contribution in [2.75, 3.05) is 0 Å². The van der Waals surface area contributed by atoms with Gasteiger partial charge in [0.15, 0.2) is 5.69 Å². The van der Waals surface area contributed by atoms with Gasteiger partial charge in [0, 0.05) is 21.5 Å². The number of imidazole rings is 1. The van der Waals surface area contributed by atoms with Gasteiger partial charge in [0.1, 0.15) is 11.9 Å². The molecule has 0 unspecified atom stereocenters. The summed E-state index contributed by atoms with van der Waals surface area (Å²) >= 11 is 9.62. The van der Waals surface area contributed by atoms with Crippen molar-refractivity contribution in [3.63, 3.8) is 0 Å². The Hall–Kier alpha value is -1.58.